The Balaban J connectivity index is 0.930. The number of nitrogens with zero attached hydrogens (tertiary/aromatic N) is 2. The van der Waals surface area contributed by atoms with Gasteiger partial charge >= 0.3 is 11.9 Å². The molecule has 1 heterocycles. The van der Waals surface area contributed by atoms with Crippen LogP contribution in [-0.4, -0.2) is 57.0 Å². The van der Waals surface area contributed by atoms with Crippen LogP contribution < -0.4 is 0 Å². The number of benzene rings is 1. The Hall–Kier alpha value is -3.04. The Morgan fingerprint density at radius 2 is 1.71 bits per heavy atom. The number of carboxylic acid groups (broad SMARTS) is 1. The summed E-state index contributed by atoms with van der Waals surface area (Å²) >= 11 is 0. The maximum atomic E-state index is 12.8. The summed E-state index contributed by atoms with van der Waals surface area (Å²) in [5, 5.41) is 9.26. The van der Waals surface area contributed by atoms with Gasteiger partial charge in [0, 0.05) is 43.3 Å². The van der Waals surface area contributed by atoms with Gasteiger partial charge in [0.05, 0.1) is 6.42 Å². The van der Waals surface area contributed by atoms with Crippen LogP contribution in [0.5, 0.6) is 0 Å². The van der Waals surface area contributed by atoms with Crippen molar-refractivity contribution in [2.75, 3.05) is 18.1 Å². The molecule has 0 spiro atoms. The summed E-state index contributed by atoms with van der Waals surface area (Å²) in [5.74, 6) is 1.87. The molecular formula is C39H48N2O5S2. The zero-order valence-corrected chi connectivity index (χ0v) is 29.8. The van der Waals surface area contributed by atoms with E-state index in [-0.39, 0.29) is 48.3 Å². The van der Waals surface area contributed by atoms with Crippen molar-refractivity contribution in [1.29, 1.82) is 0 Å². The number of hydrogen-bond acceptors (Lipinski definition) is 7. The SMILES string of the molecule is CC12CCC(OC(=O)CCSSCCC(=O)N(CC(=O)O)Cc3ccccc3)CC1=CCC1C2CCC2(C)C(c3cccnc3)=CCC12. The van der Waals surface area contributed by atoms with E-state index in [4.69, 9.17) is 4.74 Å². The molecule has 48 heavy (non-hydrogen) atoms. The van der Waals surface area contributed by atoms with Crippen LogP contribution in [0, 0.1) is 28.6 Å². The predicted molar refractivity (Wildman–Crippen MR) is 193 cm³/mol. The van der Waals surface area contributed by atoms with Crippen molar-refractivity contribution in [2.45, 2.75) is 84.3 Å². The first-order valence-corrected chi connectivity index (χ1v) is 19.9. The van der Waals surface area contributed by atoms with Crippen LogP contribution in [0.25, 0.3) is 5.57 Å². The highest BCUT2D eigenvalue weighted by molar-refractivity contribution is 8.76. The fourth-order valence-electron chi connectivity index (χ4n) is 9.24. The second-order valence-electron chi connectivity index (χ2n) is 14.4. The fraction of sp³-hybridized carbons (Fsp3) is 0.538. The maximum absolute atomic E-state index is 12.8. The van der Waals surface area contributed by atoms with Crippen LogP contribution in [0.1, 0.15) is 82.8 Å². The summed E-state index contributed by atoms with van der Waals surface area (Å²) in [6, 6.07) is 13.7. The van der Waals surface area contributed by atoms with Crippen molar-refractivity contribution in [3.05, 3.63) is 83.7 Å². The first-order chi connectivity index (χ1) is 23.2. The van der Waals surface area contributed by atoms with E-state index in [0.717, 1.165) is 37.7 Å². The highest BCUT2D eigenvalue weighted by Gasteiger charge is 2.57. The molecule has 2 fully saturated rings. The number of carbonyl (C=O) groups excluding carboxylic acids is 2. The van der Waals surface area contributed by atoms with Gasteiger partial charge in [-0.15, -0.1) is 0 Å². The summed E-state index contributed by atoms with van der Waals surface area (Å²) in [7, 11) is 3.10. The molecule has 0 aliphatic heterocycles. The highest BCUT2D eigenvalue weighted by atomic mass is 33.1. The van der Waals surface area contributed by atoms with Crippen LogP contribution in [0.4, 0.5) is 0 Å². The number of rotatable bonds is 13. The third kappa shape index (κ3) is 7.57. The Morgan fingerprint density at radius 3 is 2.46 bits per heavy atom. The van der Waals surface area contributed by atoms with Crippen LogP contribution in [0.15, 0.2) is 72.6 Å². The van der Waals surface area contributed by atoms with Crippen molar-refractivity contribution in [3.63, 3.8) is 0 Å². The molecule has 1 aromatic carbocycles. The maximum Gasteiger partial charge on any atom is 0.323 e. The van der Waals surface area contributed by atoms with E-state index in [2.05, 4.69) is 43.1 Å². The molecule has 2 saturated carbocycles. The average Bonchev–Trinajstić information content (AvgIpc) is 3.44. The summed E-state index contributed by atoms with van der Waals surface area (Å²) in [4.78, 5) is 42.6. The molecule has 0 saturated heterocycles. The largest absolute Gasteiger partial charge is 0.480 e. The van der Waals surface area contributed by atoms with Crippen molar-refractivity contribution < 1.29 is 24.2 Å². The molecule has 9 heteroatoms. The molecule has 1 N–H and O–H groups in total. The zero-order chi connectivity index (χ0) is 33.7. The van der Waals surface area contributed by atoms with Gasteiger partial charge in [-0.1, -0.05) is 89.6 Å². The minimum absolute atomic E-state index is 0.0485. The smallest absolute Gasteiger partial charge is 0.323 e. The lowest BCUT2D eigenvalue weighted by atomic mass is 9.47. The number of aliphatic carboxylic acids is 1. The van der Waals surface area contributed by atoms with Crippen LogP contribution in [0.3, 0.4) is 0 Å². The van der Waals surface area contributed by atoms with Crippen molar-refractivity contribution in [2.24, 2.45) is 28.6 Å². The van der Waals surface area contributed by atoms with E-state index >= 15 is 0 Å². The highest BCUT2D eigenvalue weighted by Crippen LogP contribution is 2.66. The monoisotopic (exact) mass is 688 g/mol. The Bertz CT molecular complexity index is 1530. The minimum Gasteiger partial charge on any atom is -0.480 e. The van der Waals surface area contributed by atoms with E-state index in [0.29, 0.717) is 35.7 Å². The Morgan fingerprint density at radius 1 is 0.938 bits per heavy atom. The van der Waals surface area contributed by atoms with Crippen molar-refractivity contribution >= 4 is 45.0 Å². The molecule has 4 aliphatic rings. The molecule has 2 aromatic rings. The lowest BCUT2D eigenvalue weighted by Crippen LogP contribution is -2.50. The number of carboxylic acids is 1. The van der Waals surface area contributed by atoms with Gasteiger partial charge in [0.2, 0.25) is 5.91 Å². The topological polar surface area (TPSA) is 96.8 Å². The van der Waals surface area contributed by atoms with Gasteiger partial charge in [-0.25, -0.2) is 0 Å². The number of fused-ring (bicyclic) bond motifs is 5. The van der Waals surface area contributed by atoms with Gasteiger partial charge < -0.3 is 14.7 Å². The molecule has 1 aromatic heterocycles. The summed E-state index contributed by atoms with van der Waals surface area (Å²) in [6.45, 7) is 4.94. The summed E-state index contributed by atoms with van der Waals surface area (Å²) < 4.78 is 6.01. The number of esters is 1. The third-order valence-electron chi connectivity index (χ3n) is 11.7. The Labute approximate surface area is 292 Å². The average molecular weight is 689 g/mol. The van der Waals surface area contributed by atoms with E-state index in [1.54, 1.807) is 21.6 Å². The van der Waals surface area contributed by atoms with Crippen LogP contribution in [0.2, 0.25) is 0 Å². The van der Waals surface area contributed by atoms with Gasteiger partial charge in [0.1, 0.15) is 12.6 Å². The van der Waals surface area contributed by atoms with Gasteiger partial charge in [0.25, 0.3) is 0 Å². The number of carbonyl (C=O) groups is 3. The standard InChI is InChI=1S/C39H48N2O5S2/c1-38-18-14-30(46-37(45)17-22-48-47-21-16-35(42)41(26-36(43)44)25-27-7-4-3-5-8-27)23-29(38)10-11-31-33-13-12-32(28-9-6-20-40-24-28)39(33,2)19-15-34(31)38/h3-10,12,20,24,30-31,33-34H,11,13-19,21-23,25-26H2,1-2H3,(H,43,44). The van der Waals surface area contributed by atoms with E-state index < -0.39 is 5.97 Å². The number of allylic oxidation sites excluding steroid dienone is 3. The van der Waals surface area contributed by atoms with E-state index in [9.17, 15) is 19.5 Å². The van der Waals surface area contributed by atoms with E-state index in [1.165, 1.54) is 34.5 Å². The lowest BCUT2D eigenvalue weighted by molar-refractivity contribution is -0.150. The third-order valence-corrected chi connectivity index (χ3v) is 14.1. The molecule has 1 amide bonds. The molecule has 7 nitrogen and oxygen atoms in total. The number of pyridine rings is 1. The number of amides is 1. The second kappa shape index (κ2) is 15.2. The molecule has 0 bridgehead atoms. The van der Waals surface area contributed by atoms with Crippen molar-refractivity contribution in [3.8, 4) is 0 Å². The molecular weight excluding hydrogens is 641 g/mol. The van der Waals surface area contributed by atoms with Gasteiger partial charge in [-0.3, -0.25) is 19.4 Å². The van der Waals surface area contributed by atoms with Gasteiger partial charge in [-0.2, -0.15) is 0 Å². The normalized spacial score (nSPS) is 29.0. The molecule has 6 atom stereocenters. The summed E-state index contributed by atoms with van der Waals surface area (Å²) in [6.07, 6.45) is 17.1. The fourth-order valence-corrected chi connectivity index (χ4v) is 11.2. The quantitative estimate of drug-likeness (QED) is 0.0974. The van der Waals surface area contributed by atoms with Gasteiger partial charge in [0.15, 0.2) is 0 Å². The van der Waals surface area contributed by atoms with Crippen LogP contribution >= 0.6 is 21.6 Å². The second-order valence-corrected chi connectivity index (χ2v) is 17.1. The predicted octanol–water partition coefficient (Wildman–Crippen LogP) is 8.22. The zero-order valence-electron chi connectivity index (χ0n) is 28.1. The van der Waals surface area contributed by atoms with Crippen LogP contribution in [-0.2, 0) is 25.7 Å². The number of aromatic nitrogens is 1. The minimum atomic E-state index is -1.02. The summed E-state index contributed by atoms with van der Waals surface area (Å²) in [5.41, 5.74) is 5.60. The van der Waals surface area contributed by atoms with Crippen molar-refractivity contribution in [1.82, 2.24) is 9.88 Å². The molecule has 6 rings (SSSR count). The lowest BCUT2D eigenvalue weighted by Gasteiger charge is -2.57. The number of ether oxygens (including phenoxy) is 1. The molecule has 4 aliphatic carbocycles. The first-order valence-electron chi connectivity index (χ1n) is 17.5. The number of hydrogen-bond donors (Lipinski definition) is 1. The van der Waals surface area contributed by atoms with E-state index in [1.807, 2.05) is 42.7 Å². The first kappa shape index (κ1) is 34.8. The Kier molecular flexibility index (Phi) is 11.1. The van der Waals surface area contributed by atoms with Gasteiger partial charge in [-0.05, 0) is 89.9 Å². The molecule has 0 radical (unpaired) electrons. The molecule has 256 valence electrons. The molecule has 6 unspecified atom stereocenters.